The number of benzene rings is 1. The van der Waals surface area contributed by atoms with Crippen LogP contribution in [-0.2, 0) is 11.4 Å². The van der Waals surface area contributed by atoms with Crippen LogP contribution in [-0.4, -0.2) is 33.2 Å². The van der Waals surface area contributed by atoms with Crippen molar-refractivity contribution in [2.75, 3.05) is 7.11 Å². The molecule has 1 fully saturated rings. The minimum atomic E-state index is -0.387. The standard InChI is InChI=1S/C22H17N3O4S3/c1-28-17-11-15(4-5-16(17)29-13-14-6-8-23-9-7-14)12-19-21(27)25(22(30)32-19)24-20(26)18-3-2-10-31-18/h2-12H,13H2,1H3,(H,24,26)/b19-12+. The van der Waals surface area contributed by atoms with E-state index in [1.54, 1.807) is 55.2 Å². The van der Waals surface area contributed by atoms with Crippen LogP contribution in [0, 0.1) is 0 Å². The van der Waals surface area contributed by atoms with Gasteiger partial charge in [-0.3, -0.25) is 20.0 Å². The molecule has 3 heterocycles. The average molecular weight is 484 g/mol. The second-order valence-electron chi connectivity index (χ2n) is 6.49. The van der Waals surface area contributed by atoms with E-state index < -0.39 is 0 Å². The number of carbonyl (C=O) groups excluding carboxylic acids is 2. The number of ether oxygens (including phenoxy) is 2. The van der Waals surface area contributed by atoms with Crippen molar-refractivity contribution in [3.8, 4) is 11.5 Å². The molecule has 162 valence electrons. The number of nitrogens with one attached hydrogen (secondary N) is 1. The lowest BCUT2D eigenvalue weighted by molar-refractivity contribution is -0.123. The molecule has 0 bridgehead atoms. The lowest BCUT2D eigenvalue weighted by atomic mass is 10.2. The molecule has 2 amide bonds. The zero-order valence-corrected chi connectivity index (χ0v) is 19.3. The first-order valence-electron chi connectivity index (χ1n) is 9.37. The van der Waals surface area contributed by atoms with Gasteiger partial charge in [0.05, 0.1) is 16.9 Å². The largest absolute Gasteiger partial charge is 0.493 e. The molecule has 0 unspecified atom stereocenters. The molecule has 1 aliphatic rings. The molecule has 10 heteroatoms. The van der Waals surface area contributed by atoms with E-state index in [1.807, 2.05) is 18.2 Å². The van der Waals surface area contributed by atoms with Crippen LogP contribution in [0.5, 0.6) is 11.5 Å². The molecule has 1 aliphatic heterocycles. The third-order valence-electron chi connectivity index (χ3n) is 4.38. The number of nitrogens with zero attached hydrogens (tertiary/aromatic N) is 2. The van der Waals surface area contributed by atoms with E-state index in [9.17, 15) is 9.59 Å². The smallest absolute Gasteiger partial charge is 0.285 e. The van der Waals surface area contributed by atoms with Crippen molar-refractivity contribution in [2.24, 2.45) is 0 Å². The number of aromatic nitrogens is 1. The quantitative estimate of drug-likeness (QED) is 0.397. The number of carbonyl (C=O) groups is 2. The van der Waals surface area contributed by atoms with E-state index in [2.05, 4.69) is 10.4 Å². The van der Waals surface area contributed by atoms with Gasteiger partial charge in [0.2, 0.25) is 0 Å². The predicted molar refractivity (Wildman–Crippen MR) is 128 cm³/mol. The Morgan fingerprint density at radius 3 is 2.75 bits per heavy atom. The summed E-state index contributed by atoms with van der Waals surface area (Å²) in [6.45, 7) is 0.376. The average Bonchev–Trinajstić information content (AvgIpc) is 3.44. The number of thiocarbonyl (C=S) groups is 1. The molecule has 0 spiro atoms. The van der Waals surface area contributed by atoms with Gasteiger partial charge >= 0.3 is 0 Å². The van der Waals surface area contributed by atoms with Crippen molar-refractivity contribution in [2.45, 2.75) is 6.61 Å². The maximum Gasteiger partial charge on any atom is 0.285 e. The second kappa shape index (κ2) is 9.94. The van der Waals surface area contributed by atoms with Crippen LogP contribution >= 0.6 is 35.3 Å². The van der Waals surface area contributed by atoms with Crippen molar-refractivity contribution in [3.63, 3.8) is 0 Å². The fourth-order valence-electron chi connectivity index (χ4n) is 2.81. The van der Waals surface area contributed by atoms with Gasteiger partial charge in [0, 0.05) is 12.4 Å². The summed E-state index contributed by atoms with van der Waals surface area (Å²) in [7, 11) is 1.55. The highest BCUT2D eigenvalue weighted by Crippen LogP contribution is 2.34. The molecule has 7 nitrogen and oxygen atoms in total. The molecular formula is C22H17N3O4S3. The van der Waals surface area contributed by atoms with Crippen LogP contribution in [0.1, 0.15) is 20.8 Å². The third kappa shape index (κ3) is 4.98. The Bertz CT molecular complexity index is 1180. The summed E-state index contributed by atoms with van der Waals surface area (Å²) in [6, 6.07) is 12.6. The number of pyridine rings is 1. The maximum atomic E-state index is 12.8. The zero-order chi connectivity index (χ0) is 22.5. The number of hydrazine groups is 1. The fourth-order valence-corrected chi connectivity index (χ4v) is 4.61. The molecule has 2 aromatic heterocycles. The molecule has 1 saturated heterocycles. The van der Waals surface area contributed by atoms with Crippen LogP contribution in [0.4, 0.5) is 0 Å². The number of hydrogen-bond donors (Lipinski definition) is 1. The van der Waals surface area contributed by atoms with E-state index in [0.29, 0.717) is 27.9 Å². The summed E-state index contributed by atoms with van der Waals surface area (Å²) in [6.07, 6.45) is 5.11. The monoisotopic (exact) mass is 483 g/mol. The minimum Gasteiger partial charge on any atom is -0.493 e. The second-order valence-corrected chi connectivity index (χ2v) is 9.11. The summed E-state index contributed by atoms with van der Waals surface area (Å²) in [5.41, 5.74) is 4.29. The Morgan fingerprint density at radius 1 is 1.22 bits per heavy atom. The van der Waals surface area contributed by atoms with Gasteiger partial charge in [0.15, 0.2) is 15.8 Å². The Hall–Kier alpha value is -3.21. The number of hydrogen-bond acceptors (Lipinski definition) is 8. The molecule has 0 saturated carbocycles. The van der Waals surface area contributed by atoms with E-state index in [4.69, 9.17) is 21.7 Å². The Kier molecular flexibility index (Phi) is 6.84. The van der Waals surface area contributed by atoms with Crippen LogP contribution in [0.2, 0.25) is 0 Å². The maximum absolute atomic E-state index is 12.8. The molecule has 32 heavy (non-hydrogen) atoms. The minimum absolute atomic E-state index is 0.260. The lowest BCUT2D eigenvalue weighted by Crippen LogP contribution is -2.44. The number of thiophene rings is 1. The normalized spacial score (nSPS) is 14.7. The molecule has 1 aromatic carbocycles. The molecule has 0 atom stereocenters. The van der Waals surface area contributed by atoms with Crippen LogP contribution < -0.4 is 14.9 Å². The lowest BCUT2D eigenvalue weighted by Gasteiger charge is -2.14. The van der Waals surface area contributed by atoms with Gasteiger partial charge in [0.25, 0.3) is 11.8 Å². The Morgan fingerprint density at radius 2 is 2.03 bits per heavy atom. The van der Waals surface area contributed by atoms with Gasteiger partial charge in [-0.1, -0.05) is 23.9 Å². The SMILES string of the molecule is COc1cc(/C=C2/SC(=S)N(NC(=O)c3cccs3)C2=O)ccc1OCc1ccncc1. The molecule has 0 radical (unpaired) electrons. The van der Waals surface area contributed by atoms with Gasteiger partial charge in [-0.25, -0.2) is 0 Å². The Balaban J connectivity index is 1.47. The molecular weight excluding hydrogens is 466 g/mol. The van der Waals surface area contributed by atoms with Gasteiger partial charge in [0.1, 0.15) is 6.61 Å². The van der Waals surface area contributed by atoms with Crippen LogP contribution in [0.25, 0.3) is 6.08 Å². The highest BCUT2D eigenvalue weighted by molar-refractivity contribution is 8.26. The summed E-state index contributed by atoms with van der Waals surface area (Å²) in [5.74, 6) is 0.350. The number of thioether (sulfide) groups is 1. The van der Waals surface area contributed by atoms with Crippen LogP contribution in [0.15, 0.2) is 65.1 Å². The van der Waals surface area contributed by atoms with Gasteiger partial charge in [-0.15, -0.1) is 11.3 Å². The summed E-state index contributed by atoms with van der Waals surface area (Å²) in [4.78, 5) is 30.0. The highest BCUT2D eigenvalue weighted by Gasteiger charge is 2.34. The number of methoxy groups -OCH3 is 1. The highest BCUT2D eigenvalue weighted by atomic mass is 32.2. The Labute approximate surface area is 198 Å². The first-order chi connectivity index (χ1) is 15.5. The van der Waals surface area contributed by atoms with E-state index in [0.717, 1.165) is 27.9 Å². The van der Waals surface area contributed by atoms with Gasteiger partial charge in [-0.05, 0) is 65.1 Å². The topological polar surface area (TPSA) is 80.8 Å². The zero-order valence-electron chi connectivity index (χ0n) is 16.8. The summed E-state index contributed by atoms with van der Waals surface area (Å²) < 4.78 is 11.6. The summed E-state index contributed by atoms with van der Waals surface area (Å²) in [5, 5.41) is 2.88. The number of rotatable bonds is 7. The van der Waals surface area contributed by atoms with Crippen molar-refractivity contribution < 1.29 is 19.1 Å². The van der Waals surface area contributed by atoms with Gasteiger partial charge < -0.3 is 9.47 Å². The fraction of sp³-hybridized carbons (Fsp3) is 0.0909. The van der Waals surface area contributed by atoms with Crippen molar-refractivity contribution in [1.82, 2.24) is 15.4 Å². The van der Waals surface area contributed by atoms with Crippen molar-refractivity contribution >= 4 is 57.5 Å². The van der Waals surface area contributed by atoms with Crippen molar-refractivity contribution in [1.29, 1.82) is 0 Å². The van der Waals surface area contributed by atoms with E-state index in [-0.39, 0.29) is 16.1 Å². The predicted octanol–water partition coefficient (Wildman–Crippen LogP) is 4.28. The van der Waals surface area contributed by atoms with E-state index in [1.165, 1.54) is 11.3 Å². The summed E-state index contributed by atoms with van der Waals surface area (Å²) >= 11 is 7.68. The van der Waals surface area contributed by atoms with E-state index >= 15 is 0 Å². The van der Waals surface area contributed by atoms with Crippen LogP contribution in [0.3, 0.4) is 0 Å². The molecule has 3 aromatic rings. The van der Waals surface area contributed by atoms with Crippen molar-refractivity contribution in [3.05, 3.63) is 81.1 Å². The molecule has 4 rings (SSSR count). The third-order valence-corrected chi connectivity index (χ3v) is 6.55. The van der Waals surface area contributed by atoms with Gasteiger partial charge in [-0.2, -0.15) is 5.01 Å². The first kappa shape index (κ1) is 22.0. The number of amides is 2. The molecule has 0 aliphatic carbocycles. The first-order valence-corrected chi connectivity index (χ1v) is 11.5. The molecule has 1 N–H and O–H groups in total.